The lowest BCUT2D eigenvalue weighted by Crippen LogP contribution is -2.50. The van der Waals surface area contributed by atoms with E-state index >= 15 is 0 Å². The van der Waals surface area contributed by atoms with Gasteiger partial charge in [-0.15, -0.1) is 0 Å². The minimum Gasteiger partial charge on any atom is -0.457 e. The highest BCUT2D eigenvalue weighted by Crippen LogP contribution is 2.26. The van der Waals surface area contributed by atoms with Crippen LogP contribution >= 0.6 is 0 Å². The maximum absolute atomic E-state index is 13.2. The van der Waals surface area contributed by atoms with Crippen molar-refractivity contribution in [3.8, 4) is 22.8 Å². The van der Waals surface area contributed by atoms with Crippen molar-refractivity contribution in [3.05, 3.63) is 108 Å². The zero-order chi connectivity index (χ0) is 28.1. The Labute approximate surface area is 232 Å². The van der Waals surface area contributed by atoms with E-state index in [4.69, 9.17) is 4.74 Å². The number of ether oxygens (including phenoxy) is 1. The number of amides is 1. The highest BCUT2D eigenvalue weighted by Gasteiger charge is 2.30. The van der Waals surface area contributed by atoms with E-state index in [0.29, 0.717) is 17.2 Å². The summed E-state index contributed by atoms with van der Waals surface area (Å²) in [7, 11) is -2.01. The fourth-order valence-corrected chi connectivity index (χ4v) is 5.79. The Bertz CT molecular complexity index is 1620. The normalized spacial score (nSPS) is 14.4. The van der Waals surface area contributed by atoms with Crippen LogP contribution in [-0.2, 0) is 10.0 Å². The molecule has 0 spiro atoms. The van der Waals surface area contributed by atoms with E-state index in [0.717, 1.165) is 11.1 Å². The van der Waals surface area contributed by atoms with Gasteiger partial charge in [0.2, 0.25) is 10.0 Å². The molecule has 0 saturated carbocycles. The maximum atomic E-state index is 13.2. The number of sulfonamides is 1. The summed E-state index contributed by atoms with van der Waals surface area (Å²) in [6, 6.07) is 24.8. The van der Waals surface area contributed by atoms with Crippen LogP contribution in [0.25, 0.3) is 11.3 Å². The monoisotopic (exact) mass is 558 g/mol. The number of hydrogen-bond acceptors (Lipinski definition) is 6. The van der Waals surface area contributed by atoms with Crippen molar-refractivity contribution in [1.82, 2.24) is 14.2 Å². The fraction of sp³-hybridized carbons (Fsp3) is 0.167. The average molecular weight is 559 g/mol. The van der Waals surface area contributed by atoms with E-state index in [-0.39, 0.29) is 48.5 Å². The topological polar surface area (TPSA) is 92.2 Å². The molecule has 0 aliphatic carbocycles. The molecule has 0 unspecified atom stereocenters. The van der Waals surface area contributed by atoms with E-state index in [2.05, 4.69) is 9.98 Å². The Morgan fingerprint density at radius 1 is 0.875 bits per heavy atom. The molecular weight excluding hydrogens is 531 g/mol. The summed E-state index contributed by atoms with van der Waals surface area (Å²) in [6.07, 6.45) is 1.66. The van der Waals surface area contributed by atoms with Gasteiger partial charge in [0, 0.05) is 45.0 Å². The van der Waals surface area contributed by atoms with Gasteiger partial charge >= 0.3 is 0 Å². The predicted molar refractivity (Wildman–Crippen MR) is 151 cm³/mol. The number of carbonyl (C=O) groups is 1. The molecule has 0 bridgehead atoms. The molecule has 0 N–H and O–H groups in total. The number of pyridine rings is 1. The minimum atomic E-state index is -3.67. The molecule has 40 heavy (non-hydrogen) atoms. The number of aromatic nitrogens is 1. The van der Waals surface area contributed by atoms with Gasteiger partial charge in [-0.25, -0.2) is 17.8 Å². The summed E-state index contributed by atoms with van der Waals surface area (Å²) >= 11 is 0. The van der Waals surface area contributed by atoms with E-state index < -0.39 is 10.0 Å². The van der Waals surface area contributed by atoms with Crippen molar-refractivity contribution in [2.24, 2.45) is 4.99 Å². The number of aliphatic imine (C=N–C) groups is 1. The van der Waals surface area contributed by atoms with Gasteiger partial charge in [-0.05, 0) is 78.4 Å². The summed E-state index contributed by atoms with van der Waals surface area (Å²) in [4.78, 5) is 23.6. The molecule has 1 amide bonds. The van der Waals surface area contributed by atoms with E-state index in [1.165, 1.54) is 16.4 Å². The van der Waals surface area contributed by atoms with Crippen molar-refractivity contribution in [3.63, 3.8) is 0 Å². The molecule has 2 heterocycles. The molecule has 1 aromatic heterocycles. The number of nitrogens with zero attached hydrogens (tertiary/aromatic N) is 4. The average Bonchev–Trinajstić information content (AvgIpc) is 2.99. The molecule has 1 aliphatic rings. The number of piperazine rings is 1. The first-order valence-corrected chi connectivity index (χ1v) is 14.1. The zero-order valence-corrected chi connectivity index (χ0v) is 22.6. The highest BCUT2D eigenvalue weighted by molar-refractivity contribution is 7.89. The Hall–Kier alpha value is -4.41. The van der Waals surface area contributed by atoms with Crippen LogP contribution in [0.1, 0.15) is 16.1 Å². The summed E-state index contributed by atoms with van der Waals surface area (Å²) in [6.45, 7) is 0.919. The van der Waals surface area contributed by atoms with Gasteiger partial charge < -0.3 is 9.64 Å². The smallest absolute Gasteiger partial charge is 0.272 e. The molecule has 0 radical (unpaired) electrons. The van der Waals surface area contributed by atoms with Gasteiger partial charge in [-0.3, -0.25) is 9.79 Å². The van der Waals surface area contributed by atoms with Crippen LogP contribution in [0.4, 0.5) is 4.39 Å². The highest BCUT2D eigenvalue weighted by atomic mass is 32.2. The molecule has 0 atom stereocenters. The van der Waals surface area contributed by atoms with Gasteiger partial charge in [-0.1, -0.05) is 18.2 Å². The van der Waals surface area contributed by atoms with E-state index in [9.17, 15) is 17.6 Å². The number of rotatable bonds is 7. The largest absolute Gasteiger partial charge is 0.457 e. The zero-order valence-electron chi connectivity index (χ0n) is 21.8. The third-order valence-corrected chi connectivity index (χ3v) is 8.40. The fourth-order valence-electron chi connectivity index (χ4n) is 4.36. The second-order valence-corrected chi connectivity index (χ2v) is 11.1. The minimum absolute atomic E-state index is 0.196. The Balaban J connectivity index is 1.22. The van der Waals surface area contributed by atoms with Crippen molar-refractivity contribution in [2.75, 3.05) is 33.2 Å². The summed E-state index contributed by atoms with van der Waals surface area (Å²) in [5, 5.41) is 0. The van der Waals surface area contributed by atoms with Gasteiger partial charge in [0.25, 0.3) is 5.91 Å². The van der Waals surface area contributed by atoms with Crippen LogP contribution in [0.2, 0.25) is 0 Å². The Kier molecular flexibility index (Phi) is 7.99. The molecule has 1 aliphatic heterocycles. The van der Waals surface area contributed by atoms with Crippen LogP contribution in [0.5, 0.6) is 11.5 Å². The predicted octanol–water partition coefficient (Wildman–Crippen LogP) is 4.88. The van der Waals surface area contributed by atoms with Gasteiger partial charge in [0.1, 0.15) is 23.0 Å². The molecular formula is C30H27FN4O4S. The number of hydrogen-bond donors (Lipinski definition) is 0. The first-order chi connectivity index (χ1) is 19.3. The maximum Gasteiger partial charge on any atom is 0.272 e. The molecule has 204 valence electrons. The van der Waals surface area contributed by atoms with Crippen LogP contribution in [-0.4, -0.2) is 68.0 Å². The second-order valence-electron chi connectivity index (χ2n) is 9.14. The number of benzene rings is 3. The molecule has 3 aromatic carbocycles. The summed E-state index contributed by atoms with van der Waals surface area (Å²) in [5.74, 6) is 0.520. The van der Waals surface area contributed by atoms with Crippen molar-refractivity contribution in [2.45, 2.75) is 4.90 Å². The lowest BCUT2D eigenvalue weighted by Gasteiger charge is -2.33. The van der Waals surface area contributed by atoms with Crippen LogP contribution in [0, 0.1) is 5.82 Å². The van der Waals surface area contributed by atoms with Crippen LogP contribution < -0.4 is 4.74 Å². The molecule has 10 heteroatoms. The summed E-state index contributed by atoms with van der Waals surface area (Å²) < 4.78 is 46.5. The summed E-state index contributed by atoms with van der Waals surface area (Å²) in [5.41, 5.74) is 2.53. The molecule has 1 saturated heterocycles. The Morgan fingerprint density at radius 3 is 2.12 bits per heavy atom. The quantitative estimate of drug-likeness (QED) is 0.302. The van der Waals surface area contributed by atoms with Crippen LogP contribution in [0.3, 0.4) is 0 Å². The van der Waals surface area contributed by atoms with E-state index in [1.807, 2.05) is 18.2 Å². The second kappa shape index (κ2) is 11.8. The number of carbonyl (C=O) groups excluding carboxylic acids is 1. The lowest BCUT2D eigenvalue weighted by molar-refractivity contribution is 0.0692. The SMILES string of the molecule is C/N=C/c1ccc(S(=O)(=O)N2CCN(C(=O)c3cccc(-c4ccc(Oc5ccc(F)cc5)cc4)n3)CC2)cc1. The first kappa shape index (κ1) is 27.2. The third kappa shape index (κ3) is 6.08. The molecule has 5 rings (SSSR count). The van der Waals surface area contributed by atoms with E-state index in [1.54, 1.807) is 78.8 Å². The lowest BCUT2D eigenvalue weighted by atomic mass is 10.1. The van der Waals surface area contributed by atoms with Gasteiger partial charge in [-0.2, -0.15) is 4.31 Å². The van der Waals surface area contributed by atoms with Crippen LogP contribution in [0.15, 0.2) is 101 Å². The number of halogens is 1. The molecule has 1 fully saturated rings. The van der Waals surface area contributed by atoms with Crippen molar-refractivity contribution < 1.29 is 22.3 Å². The molecule has 4 aromatic rings. The Morgan fingerprint density at radius 2 is 1.50 bits per heavy atom. The van der Waals surface area contributed by atoms with Crippen molar-refractivity contribution in [1.29, 1.82) is 0 Å². The van der Waals surface area contributed by atoms with Gasteiger partial charge in [0.05, 0.1) is 10.6 Å². The van der Waals surface area contributed by atoms with Gasteiger partial charge in [0.15, 0.2) is 0 Å². The standard InChI is InChI=1S/C30H27FN4O4S/c1-32-21-22-5-15-27(16-6-22)40(37,38)35-19-17-34(18-20-35)30(36)29-4-2-3-28(33-29)23-7-11-25(12-8-23)39-26-13-9-24(31)10-14-26/h2-16,21H,17-20H2,1H3/b32-21+. The third-order valence-electron chi connectivity index (χ3n) is 6.49. The van der Waals surface area contributed by atoms with Crippen molar-refractivity contribution >= 4 is 22.1 Å². The first-order valence-electron chi connectivity index (χ1n) is 12.7. The molecule has 8 nitrogen and oxygen atoms in total.